The molecule has 0 bridgehead atoms. The van der Waals surface area contributed by atoms with Crippen LogP contribution in [0.5, 0.6) is 11.5 Å². The first-order valence-electron chi connectivity index (χ1n) is 10.2. The number of nitro benzene ring substituents is 1. The molecule has 0 N–H and O–H groups in total. The number of esters is 2. The van der Waals surface area contributed by atoms with E-state index in [0.717, 1.165) is 13.2 Å². The Hall–Kier alpha value is -3.96. The molecule has 0 saturated carbocycles. The monoisotopic (exact) mass is 480 g/mol. The normalized spacial score (nSPS) is 14.6. The van der Waals surface area contributed by atoms with Gasteiger partial charge >= 0.3 is 17.6 Å². The van der Waals surface area contributed by atoms with Crippen LogP contribution in [-0.2, 0) is 25.6 Å². The number of benzene rings is 2. The van der Waals surface area contributed by atoms with E-state index in [4.69, 9.17) is 14.2 Å². The molecule has 0 radical (unpaired) electrons. The summed E-state index contributed by atoms with van der Waals surface area (Å²) in [5.41, 5.74) is -0.116. The second kappa shape index (κ2) is 10.8. The largest absolute Gasteiger partial charge is 0.489 e. The number of rotatable bonds is 9. The molecule has 0 saturated heterocycles. The van der Waals surface area contributed by atoms with Crippen molar-refractivity contribution >= 4 is 23.3 Å². The van der Waals surface area contributed by atoms with Crippen LogP contribution in [0.3, 0.4) is 0 Å². The molecule has 0 amide bonds. The lowest BCUT2D eigenvalue weighted by atomic mass is 10.1. The maximum atomic E-state index is 14.8. The summed E-state index contributed by atoms with van der Waals surface area (Å²) in [6.45, 7) is 1.15. The lowest BCUT2D eigenvalue weighted by molar-refractivity contribution is -0.385. The van der Waals surface area contributed by atoms with Crippen LogP contribution in [0.1, 0.15) is 18.9 Å². The number of methoxy groups -OCH3 is 1. The van der Waals surface area contributed by atoms with Gasteiger partial charge in [0.2, 0.25) is 0 Å². The van der Waals surface area contributed by atoms with Crippen molar-refractivity contribution < 1.29 is 42.2 Å². The van der Waals surface area contributed by atoms with Crippen molar-refractivity contribution in [1.29, 1.82) is 0 Å². The molecule has 3 rings (SSSR count). The number of nitro groups is 1. The average molecular weight is 480 g/mol. The molecule has 1 heterocycles. The summed E-state index contributed by atoms with van der Waals surface area (Å²) in [5, 5.41) is 11.6. The molecule has 2 aromatic carbocycles. The molecule has 0 fully saturated rings. The lowest BCUT2D eigenvalue weighted by Crippen LogP contribution is -2.44. The van der Waals surface area contributed by atoms with E-state index in [1.54, 1.807) is 6.92 Å². The zero-order valence-corrected chi connectivity index (χ0v) is 18.4. The smallest absolute Gasteiger partial charge is 0.343 e. The van der Waals surface area contributed by atoms with Gasteiger partial charge < -0.3 is 23.8 Å². The molecule has 1 aliphatic heterocycles. The van der Waals surface area contributed by atoms with Crippen molar-refractivity contribution in [2.75, 3.05) is 31.8 Å². The molecule has 0 spiro atoms. The second-order valence-electron chi connectivity index (χ2n) is 7.26. The van der Waals surface area contributed by atoms with Crippen LogP contribution >= 0.6 is 0 Å². The van der Waals surface area contributed by atoms with Crippen molar-refractivity contribution in [3.8, 4) is 11.5 Å². The molecule has 1 aliphatic rings. The number of hydrogen-bond acceptors (Lipinski definition) is 9. The van der Waals surface area contributed by atoms with E-state index in [0.29, 0.717) is 11.6 Å². The minimum atomic E-state index is -0.906. The van der Waals surface area contributed by atoms with Gasteiger partial charge in [0.05, 0.1) is 31.1 Å². The maximum absolute atomic E-state index is 14.8. The van der Waals surface area contributed by atoms with Gasteiger partial charge in [0.15, 0.2) is 18.2 Å². The van der Waals surface area contributed by atoms with E-state index >= 15 is 0 Å². The number of carbonyl (C=O) groups is 2. The number of nitrogens with zero attached hydrogens (tertiary/aromatic N) is 2. The fourth-order valence-corrected chi connectivity index (χ4v) is 3.50. The third-order valence-corrected chi connectivity index (χ3v) is 5.01. The van der Waals surface area contributed by atoms with Crippen molar-refractivity contribution in [1.82, 2.24) is 0 Å². The summed E-state index contributed by atoms with van der Waals surface area (Å²) in [5.74, 6) is -3.20. The number of carbonyl (C=O) groups excluding carboxylic acids is 2. The van der Waals surface area contributed by atoms with Gasteiger partial charge in [-0.2, -0.15) is 0 Å². The van der Waals surface area contributed by atoms with Crippen LogP contribution < -0.4 is 14.4 Å². The van der Waals surface area contributed by atoms with Gasteiger partial charge in [-0.3, -0.25) is 14.9 Å². The Bertz CT molecular complexity index is 1090. The minimum Gasteiger partial charge on any atom is -0.489 e. The van der Waals surface area contributed by atoms with Crippen molar-refractivity contribution in [2.24, 2.45) is 0 Å². The second-order valence-corrected chi connectivity index (χ2v) is 7.26. The van der Waals surface area contributed by atoms with Crippen LogP contribution in [0, 0.1) is 21.7 Å². The van der Waals surface area contributed by atoms with Gasteiger partial charge in [-0.1, -0.05) is 6.07 Å². The molecule has 2 aromatic rings. The first-order chi connectivity index (χ1) is 16.2. The SMILES string of the molecule is CCOC(=O)CC1COc2cc(F)cc(F)c2N1Cc1ccc(OCC(=O)OC)c([N+](=O)[O-])c1. The minimum absolute atomic E-state index is 0.0508. The van der Waals surface area contributed by atoms with Crippen LogP contribution in [-0.4, -0.2) is 49.8 Å². The Morgan fingerprint density at radius 3 is 2.68 bits per heavy atom. The topological polar surface area (TPSA) is 117 Å². The number of ether oxygens (including phenoxy) is 4. The summed E-state index contributed by atoms with van der Waals surface area (Å²) >= 11 is 0. The van der Waals surface area contributed by atoms with Crippen molar-refractivity contribution in [3.63, 3.8) is 0 Å². The van der Waals surface area contributed by atoms with Gasteiger partial charge in [-0.05, 0) is 18.6 Å². The highest BCUT2D eigenvalue weighted by molar-refractivity contribution is 5.72. The van der Waals surface area contributed by atoms with E-state index in [-0.39, 0.29) is 43.4 Å². The quantitative estimate of drug-likeness (QED) is 0.303. The third-order valence-electron chi connectivity index (χ3n) is 5.01. The third kappa shape index (κ3) is 5.69. The molecule has 1 unspecified atom stereocenters. The average Bonchev–Trinajstić information content (AvgIpc) is 2.79. The molecule has 0 aromatic heterocycles. The fraction of sp³-hybridized carbons (Fsp3) is 0.364. The van der Waals surface area contributed by atoms with E-state index in [2.05, 4.69) is 4.74 Å². The van der Waals surface area contributed by atoms with E-state index < -0.39 is 46.8 Å². The van der Waals surface area contributed by atoms with E-state index in [1.165, 1.54) is 23.1 Å². The molecule has 12 heteroatoms. The van der Waals surface area contributed by atoms with Gasteiger partial charge in [0, 0.05) is 24.7 Å². The number of anilines is 1. The molecule has 34 heavy (non-hydrogen) atoms. The highest BCUT2D eigenvalue weighted by Crippen LogP contribution is 2.39. The Morgan fingerprint density at radius 1 is 1.24 bits per heavy atom. The summed E-state index contributed by atoms with van der Waals surface area (Å²) in [6.07, 6.45) is -0.146. The zero-order chi connectivity index (χ0) is 24.8. The highest BCUT2D eigenvalue weighted by Gasteiger charge is 2.33. The van der Waals surface area contributed by atoms with Crippen LogP contribution in [0.4, 0.5) is 20.2 Å². The Labute approximate surface area is 193 Å². The Morgan fingerprint density at radius 2 is 2.00 bits per heavy atom. The predicted octanol–water partition coefficient (Wildman–Crippen LogP) is 3.15. The molecule has 10 nitrogen and oxygen atoms in total. The van der Waals surface area contributed by atoms with Crippen LogP contribution in [0.15, 0.2) is 30.3 Å². The molecule has 1 atom stereocenters. The standard InChI is InChI=1S/C22H22F2N2O8/c1-3-32-20(27)9-15-11-33-19-8-14(23)7-16(24)22(19)25(15)10-13-4-5-18(17(6-13)26(29)30)34-12-21(28)31-2/h4-8,15H,3,9-12H2,1-2H3. The summed E-state index contributed by atoms with van der Waals surface area (Å²) in [7, 11) is 1.15. The summed E-state index contributed by atoms with van der Waals surface area (Å²) in [6, 6.07) is 5.05. The highest BCUT2D eigenvalue weighted by atomic mass is 19.1. The molecular formula is C22H22F2N2O8. The molecule has 0 aliphatic carbocycles. The van der Waals surface area contributed by atoms with Crippen LogP contribution in [0.2, 0.25) is 0 Å². The van der Waals surface area contributed by atoms with Gasteiger partial charge in [-0.25, -0.2) is 13.6 Å². The number of halogens is 2. The van der Waals surface area contributed by atoms with Gasteiger partial charge in [0.25, 0.3) is 0 Å². The number of fused-ring (bicyclic) bond motifs is 1. The number of hydrogen-bond donors (Lipinski definition) is 0. The first kappa shape index (κ1) is 24.7. The van der Waals surface area contributed by atoms with E-state index in [9.17, 15) is 28.5 Å². The predicted molar refractivity (Wildman–Crippen MR) is 114 cm³/mol. The van der Waals surface area contributed by atoms with Crippen LogP contribution in [0.25, 0.3) is 0 Å². The lowest BCUT2D eigenvalue weighted by Gasteiger charge is -2.38. The Balaban J connectivity index is 1.95. The maximum Gasteiger partial charge on any atom is 0.343 e. The fourth-order valence-electron chi connectivity index (χ4n) is 3.50. The van der Waals surface area contributed by atoms with Crippen molar-refractivity contribution in [2.45, 2.75) is 25.9 Å². The summed E-state index contributed by atoms with van der Waals surface area (Å²) in [4.78, 5) is 35.8. The van der Waals surface area contributed by atoms with Crippen molar-refractivity contribution in [3.05, 3.63) is 57.6 Å². The van der Waals surface area contributed by atoms with Gasteiger partial charge in [-0.15, -0.1) is 0 Å². The molecular weight excluding hydrogens is 458 g/mol. The zero-order valence-electron chi connectivity index (χ0n) is 18.4. The van der Waals surface area contributed by atoms with E-state index in [1.807, 2.05) is 0 Å². The molecule has 182 valence electrons. The first-order valence-corrected chi connectivity index (χ1v) is 10.2. The van der Waals surface area contributed by atoms with Gasteiger partial charge in [0.1, 0.15) is 23.9 Å². The Kier molecular flexibility index (Phi) is 7.82. The summed E-state index contributed by atoms with van der Waals surface area (Å²) < 4.78 is 48.6.